The van der Waals surface area contributed by atoms with Gasteiger partial charge in [0.2, 0.25) is 0 Å². The van der Waals surface area contributed by atoms with Gasteiger partial charge in [-0.05, 0) is 18.2 Å². The van der Waals surface area contributed by atoms with Crippen LogP contribution in [0, 0.1) is 0 Å². The molecular weight excluding hydrogens is 308 g/mol. The Morgan fingerprint density at radius 1 is 1.38 bits per heavy atom. The zero-order valence-electron chi connectivity index (χ0n) is 13.7. The normalized spacial score (nSPS) is 15.2. The largest absolute Gasteiger partial charge is 0.497 e. The first-order valence-corrected chi connectivity index (χ1v) is 8.04. The van der Waals surface area contributed by atoms with Crippen molar-refractivity contribution >= 4 is 5.91 Å². The van der Waals surface area contributed by atoms with Gasteiger partial charge in [0.15, 0.2) is 0 Å². The van der Waals surface area contributed by atoms with Crippen LogP contribution in [-0.2, 0) is 4.74 Å². The third-order valence-corrected chi connectivity index (χ3v) is 4.01. The fourth-order valence-corrected chi connectivity index (χ4v) is 2.62. The number of hydrogen-bond acceptors (Lipinski definition) is 5. The summed E-state index contributed by atoms with van der Waals surface area (Å²) in [6, 6.07) is 9.33. The van der Waals surface area contributed by atoms with Crippen LogP contribution in [-0.4, -0.2) is 67.5 Å². The minimum absolute atomic E-state index is 0.148. The first-order chi connectivity index (χ1) is 11.8. The lowest BCUT2D eigenvalue weighted by molar-refractivity contribution is 0.0383. The Hall–Kier alpha value is -2.38. The van der Waals surface area contributed by atoms with Crippen molar-refractivity contribution in [3.8, 4) is 17.0 Å². The number of carbonyl (C=O) groups excluding carboxylic acids is 1. The van der Waals surface area contributed by atoms with Crippen LogP contribution in [0.1, 0.15) is 10.5 Å². The van der Waals surface area contributed by atoms with Crippen molar-refractivity contribution in [2.75, 3.05) is 46.5 Å². The first-order valence-electron chi connectivity index (χ1n) is 8.04. The third kappa shape index (κ3) is 4.12. The second-order valence-electron chi connectivity index (χ2n) is 5.61. The van der Waals surface area contributed by atoms with E-state index >= 15 is 0 Å². The van der Waals surface area contributed by atoms with E-state index in [9.17, 15) is 4.79 Å². The van der Waals surface area contributed by atoms with Crippen molar-refractivity contribution in [3.05, 3.63) is 36.0 Å². The summed E-state index contributed by atoms with van der Waals surface area (Å²) in [6.07, 6.45) is 0. The molecule has 128 valence electrons. The quantitative estimate of drug-likeness (QED) is 0.830. The number of hydrogen-bond donors (Lipinski definition) is 2. The predicted octanol–water partition coefficient (Wildman–Crippen LogP) is 1.15. The number of amides is 1. The Labute approximate surface area is 140 Å². The summed E-state index contributed by atoms with van der Waals surface area (Å²) in [5.74, 6) is 0.608. The zero-order valence-corrected chi connectivity index (χ0v) is 13.7. The highest BCUT2D eigenvalue weighted by atomic mass is 16.5. The molecule has 1 aliphatic heterocycles. The van der Waals surface area contributed by atoms with E-state index in [0.29, 0.717) is 17.9 Å². The molecule has 0 radical (unpaired) electrons. The lowest BCUT2D eigenvalue weighted by atomic mass is 10.1. The highest BCUT2D eigenvalue weighted by molar-refractivity contribution is 5.93. The van der Waals surface area contributed by atoms with Gasteiger partial charge in [-0.2, -0.15) is 5.10 Å². The molecule has 1 saturated heterocycles. The lowest BCUT2D eigenvalue weighted by Crippen LogP contribution is -2.41. The molecule has 0 aliphatic carbocycles. The van der Waals surface area contributed by atoms with Crippen molar-refractivity contribution in [1.82, 2.24) is 20.4 Å². The molecule has 1 fully saturated rings. The number of aromatic nitrogens is 2. The Bertz CT molecular complexity index is 680. The molecular formula is C17H22N4O3. The molecule has 24 heavy (non-hydrogen) atoms. The van der Waals surface area contributed by atoms with Crippen molar-refractivity contribution in [1.29, 1.82) is 0 Å². The van der Waals surface area contributed by atoms with Crippen LogP contribution >= 0.6 is 0 Å². The summed E-state index contributed by atoms with van der Waals surface area (Å²) in [7, 11) is 1.62. The monoisotopic (exact) mass is 330 g/mol. The second-order valence-corrected chi connectivity index (χ2v) is 5.61. The summed E-state index contributed by atoms with van der Waals surface area (Å²) in [4.78, 5) is 14.5. The van der Waals surface area contributed by atoms with Crippen molar-refractivity contribution in [3.63, 3.8) is 0 Å². The van der Waals surface area contributed by atoms with Gasteiger partial charge in [-0.25, -0.2) is 0 Å². The number of rotatable bonds is 6. The van der Waals surface area contributed by atoms with Gasteiger partial charge < -0.3 is 14.8 Å². The first kappa shape index (κ1) is 16.5. The van der Waals surface area contributed by atoms with E-state index in [1.165, 1.54) is 0 Å². The summed E-state index contributed by atoms with van der Waals surface area (Å²) in [5, 5.41) is 9.92. The Balaban J connectivity index is 1.55. The smallest absolute Gasteiger partial charge is 0.269 e. The number of aromatic amines is 1. The van der Waals surface area contributed by atoms with Crippen LogP contribution in [0.3, 0.4) is 0 Å². The number of benzene rings is 1. The molecule has 1 aromatic heterocycles. The van der Waals surface area contributed by atoms with Gasteiger partial charge in [0.1, 0.15) is 11.4 Å². The van der Waals surface area contributed by atoms with Crippen molar-refractivity contribution in [2.45, 2.75) is 0 Å². The maximum absolute atomic E-state index is 12.2. The topological polar surface area (TPSA) is 79.5 Å². The molecule has 2 heterocycles. The van der Waals surface area contributed by atoms with Crippen LogP contribution in [0.2, 0.25) is 0 Å². The molecule has 0 unspecified atom stereocenters. The molecule has 3 rings (SSSR count). The molecule has 0 spiro atoms. The number of morpholine rings is 1. The molecule has 1 aromatic carbocycles. The maximum atomic E-state index is 12.2. The number of methoxy groups -OCH3 is 1. The van der Waals surface area contributed by atoms with Gasteiger partial charge in [0.25, 0.3) is 5.91 Å². The van der Waals surface area contributed by atoms with E-state index in [0.717, 1.165) is 44.2 Å². The van der Waals surface area contributed by atoms with Gasteiger partial charge in [-0.1, -0.05) is 12.1 Å². The minimum atomic E-state index is -0.148. The highest BCUT2D eigenvalue weighted by Crippen LogP contribution is 2.22. The fourth-order valence-electron chi connectivity index (χ4n) is 2.62. The summed E-state index contributed by atoms with van der Waals surface area (Å²) in [6.45, 7) is 4.79. The van der Waals surface area contributed by atoms with Crippen LogP contribution in [0.4, 0.5) is 0 Å². The molecule has 7 nitrogen and oxygen atoms in total. The van der Waals surface area contributed by atoms with Crippen LogP contribution < -0.4 is 10.1 Å². The molecule has 1 amide bonds. The third-order valence-electron chi connectivity index (χ3n) is 4.01. The fraction of sp³-hybridized carbons (Fsp3) is 0.412. The summed E-state index contributed by atoms with van der Waals surface area (Å²) >= 11 is 0. The molecule has 2 N–H and O–H groups in total. The summed E-state index contributed by atoms with van der Waals surface area (Å²) in [5.41, 5.74) is 2.07. The maximum Gasteiger partial charge on any atom is 0.269 e. The number of nitrogens with zero attached hydrogens (tertiary/aromatic N) is 2. The van der Waals surface area contributed by atoms with Gasteiger partial charge in [-0.15, -0.1) is 0 Å². The average Bonchev–Trinajstić information content (AvgIpc) is 3.13. The number of carbonyl (C=O) groups is 1. The van der Waals surface area contributed by atoms with Gasteiger partial charge in [-0.3, -0.25) is 14.8 Å². The Kier molecular flexibility index (Phi) is 5.45. The molecule has 1 aliphatic rings. The second kappa shape index (κ2) is 7.94. The van der Waals surface area contributed by atoms with Crippen LogP contribution in [0.15, 0.2) is 30.3 Å². The standard InChI is InChI=1S/C17H22N4O3/c1-23-14-4-2-3-13(11-14)15-12-16(20-19-15)17(22)18-5-6-21-7-9-24-10-8-21/h2-4,11-12H,5-10H2,1H3,(H,18,22)(H,19,20). The van der Waals surface area contributed by atoms with Crippen molar-refractivity contribution < 1.29 is 14.3 Å². The SMILES string of the molecule is COc1cccc(-c2cc(C(=O)NCCN3CCOCC3)[nH]n2)c1. The Morgan fingerprint density at radius 2 is 2.21 bits per heavy atom. The summed E-state index contributed by atoms with van der Waals surface area (Å²) < 4.78 is 10.5. The zero-order chi connectivity index (χ0) is 16.8. The molecule has 0 saturated carbocycles. The number of H-pyrrole nitrogens is 1. The molecule has 0 atom stereocenters. The van der Waals surface area contributed by atoms with E-state index in [-0.39, 0.29) is 5.91 Å². The van der Waals surface area contributed by atoms with E-state index in [4.69, 9.17) is 9.47 Å². The van der Waals surface area contributed by atoms with E-state index < -0.39 is 0 Å². The highest BCUT2D eigenvalue weighted by Gasteiger charge is 2.13. The minimum Gasteiger partial charge on any atom is -0.497 e. The van der Waals surface area contributed by atoms with E-state index in [1.54, 1.807) is 13.2 Å². The average molecular weight is 330 g/mol. The van der Waals surface area contributed by atoms with Gasteiger partial charge in [0, 0.05) is 31.7 Å². The van der Waals surface area contributed by atoms with E-state index in [2.05, 4.69) is 20.4 Å². The lowest BCUT2D eigenvalue weighted by Gasteiger charge is -2.26. The molecule has 0 bridgehead atoms. The number of ether oxygens (including phenoxy) is 2. The predicted molar refractivity (Wildman–Crippen MR) is 90.2 cm³/mol. The number of nitrogens with one attached hydrogen (secondary N) is 2. The molecule has 2 aromatic rings. The molecule has 7 heteroatoms. The van der Waals surface area contributed by atoms with Crippen molar-refractivity contribution in [2.24, 2.45) is 0 Å². The van der Waals surface area contributed by atoms with Gasteiger partial charge in [0.05, 0.1) is 26.0 Å². The Morgan fingerprint density at radius 3 is 3.00 bits per heavy atom. The van der Waals surface area contributed by atoms with Crippen LogP contribution in [0.25, 0.3) is 11.3 Å². The van der Waals surface area contributed by atoms with E-state index in [1.807, 2.05) is 24.3 Å². The van der Waals surface area contributed by atoms with Gasteiger partial charge >= 0.3 is 0 Å². The van der Waals surface area contributed by atoms with Crippen LogP contribution in [0.5, 0.6) is 5.75 Å².